The topological polar surface area (TPSA) is 70.2 Å². The number of carbonyl (C=O) groups is 2. The van der Waals surface area contributed by atoms with Gasteiger partial charge in [-0.1, -0.05) is 0 Å². The van der Waals surface area contributed by atoms with Crippen LogP contribution in [0.2, 0.25) is 0 Å². The van der Waals surface area contributed by atoms with Gasteiger partial charge in [0, 0.05) is 20.0 Å². The van der Waals surface area contributed by atoms with Crippen LogP contribution in [0.25, 0.3) is 0 Å². The Morgan fingerprint density at radius 1 is 1.53 bits per heavy atom. The Kier molecular flexibility index (Phi) is 6.19. The number of nitrogens with one attached hydrogen (secondary N) is 3. The predicted molar refractivity (Wildman–Crippen MR) is 55.6 cm³/mol. The minimum Gasteiger partial charge on any atom is -0.358 e. The average molecular weight is 240 g/mol. The normalized spacial score (nSPS) is 24.1. The number of halogens is 2. The van der Waals surface area contributed by atoms with Gasteiger partial charge in [0.15, 0.2) is 0 Å². The Hall–Kier alpha value is -0.880. The molecule has 88 valence electrons. The van der Waals surface area contributed by atoms with E-state index in [0.29, 0.717) is 0 Å². The lowest BCUT2D eigenvalue weighted by Crippen LogP contribution is -2.44. The van der Waals surface area contributed by atoms with E-state index < -0.39 is 12.2 Å². The van der Waals surface area contributed by atoms with E-state index >= 15 is 0 Å². The summed E-state index contributed by atoms with van der Waals surface area (Å²) in [7, 11) is 1.49. The zero-order valence-electron chi connectivity index (χ0n) is 8.38. The van der Waals surface area contributed by atoms with Crippen LogP contribution in [0.1, 0.15) is 6.42 Å². The third-order valence-corrected chi connectivity index (χ3v) is 2.10. The summed E-state index contributed by atoms with van der Waals surface area (Å²) >= 11 is 0. The van der Waals surface area contributed by atoms with Crippen molar-refractivity contribution in [3.63, 3.8) is 0 Å². The molecule has 0 radical (unpaired) electrons. The van der Waals surface area contributed by atoms with E-state index in [2.05, 4.69) is 16.0 Å². The maximum absolute atomic E-state index is 12.7. The molecule has 0 aromatic heterocycles. The van der Waals surface area contributed by atoms with Crippen molar-refractivity contribution in [2.75, 3.05) is 20.1 Å². The van der Waals surface area contributed by atoms with Gasteiger partial charge in [0.1, 0.15) is 6.17 Å². The fraction of sp³-hybridized carbons (Fsp3) is 0.750. The van der Waals surface area contributed by atoms with Crippen LogP contribution in [0.3, 0.4) is 0 Å². The van der Waals surface area contributed by atoms with Gasteiger partial charge < -0.3 is 16.0 Å². The monoisotopic (exact) mass is 239 g/mol. The van der Waals surface area contributed by atoms with Crippen molar-refractivity contribution in [3.8, 4) is 0 Å². The van der Waals surface area contributed by atoms with Gasteiger partial charge in [-0.15, -0.1) is 12.4 Å². The van der Waals surface area contributed by atoms with Crippen molar-refractivity contribution in [2.24, 2.45) is 0 Å². The second kappa shape index (κ2) is 6.58. The first-order chi connectivity index (χ1) is 6.63. The Bertz CT molecular complexity index is 240. The number of amides is 2. The van der Waals surface area contributed by atoms with Gasteiger partial charge in [-0.25, -0.2) is 4.39 Å². The summed E-state index contributed by atoms with van der Waals surface area (Å²) < 4.78 is 12.7. The molecule has 0 aromatic carbocycles. The highest BCUT2D eigenvalue weighted by Crippen LogP contribution is 2.09. The molecular weight excluding hydrogens is 225 g/mol. The van der Waals surface area contributed by atoms with E-state index in [1.165, 1.54) is 7.05 Å². The summed E-state index contributed by atoms with van der Waals surface area (Å²) in [5.41, 5.74) is 0. The minimum absolute atomic E-state index is 0. The lowest BCUT2D eigenvalue weighted by Gasteiger charge is -2.09. The number of carbonyl (C=O) groups excluding carboxylic acids is 2. The molecule has 0 aliphatic carbocycles. The highest BCUT2D eigenvalue weighted by Gasteiger charge is 2.28. The van der Waals surface area contributed by atoms with Gasteiger partial charge in [0.05, 0.1) is 12.6 Å². The molecule has 2 amide bonds. The van der Waals surface area contributed by atoms with E-state index in [0.717, 1.165) is 0 Å². The molecule has 0 spiro atoms. The fourth-order valence-corrected chi connectivity index (χ4v) is 1.27. The molecule has 1 aliphatic rings. The number of hydrogen-bond acceptors (Lipinski definition) is 3. The molecule has 0 unspecified atom stereocenters. The Morgan fingerprint density at radius 3 is 2.67 bits per heavy atom. The summed E-state index contributed by atoms with van der Waals surface area (Å²) in [5.74, 6) is -0.595. The molecule has 0 bridgehead atoms. The van der Waals surface area contributed by atoms with E-state index in [9.17, 15) is 14.0 Å². The molecule has 1 rings (SSSR count). The fourth-order valence-electron chi connectivity index (χ4n) is 1.27. The van der Waals surface area contributed by atoms with E-state index in [1.807, 2.05) is 0 Å². The van der Waals surface area contributed by atoms with Crippen LogP contribution >= 0.6 is 12.4 Å². The van der Waals surface area contributed by atoms with Crippen molar-refractivity contribution < 1.29 is 14.0 Å². The highest BCUT2D eigenvalue weighted by atomic mass is 35.5. The minimum atomic E-state index is -0.967. The van der Waals surface area contributed by atoms with Crippen LogP contribution in [-0.4, -0.2) is 44.2 Å². The highest BCUT2D eigenvalue weighted by molar-refractivity contribution is 5.87. The summed E-state index contributed by atoms with van der Waals surface area (Å²) in [6.07, 6.45) is -0.787. The zero-order chi connectivity index (χ0) is 10.6. The lowest BCUT2D eigenvalue weighted by molar-refractivity contribution is -0.126. The van der Waals surface area contributed by atoms with Crippen molar-refractivity contribution in [3.05, 3.63) is 0 Å². The Balaban J connectivity index is 0.00000196. The summed E-state index contributed by atoms with van der Waals surface area (Å²) in [5, 5.41) is 7.52. The van der Waals surface area contributed by atoms with Gasteiger partial charge in [0.25, 0.3) is 0 Å². The zero-order valence-corrected chi connectivity index (χ0v) is 9.20. The van der Waals surface area contributed by atoms with Gasteiger partial charge in [-0.2, -0.15) is 0 Å². The molecular formula is C8H15ClFN3O2. The van der Waals surface area contributed by atoms with Crippen LogP contribution in [-0.2, 0) is 9.59 Å². The van der Waals surface area contributed by atoms with E-state index in [1.54, 1.807) is 0 Å². The molecule has 1 aliphatic heterocycles. The average Bonchev–Trinajstić information content (AvgIpc) is 2.60. The maximum atomic E-state index is 12.7. The lowest BCUT2D eigenvalue weighted by atomic mass is 10.2. The standard InChI is InChI=1S/C8H14FN3O2.ClH/c1-10-7(13)4-12-8(14)6-2-5(9)3-11-6;/h5-6,11H,2-4H2,1H3,(H,10,13)(H,12,14);1H/t5-,6+;/m1./s1. The third-order valence-electron chi connectivity index (χ3n) is 2.10. The van der Waals surface area contributed by atoms with Crippen molar-refractivity contribution in [2.45, 2.75) is 18.6 Å². The first-order valence-corrected chi connectivity index (χ1v) is 4.49. The summed E-state index contributed by atoms with van der Waals surface area (Å²) in [6.45, 7) is 0.141. The van der Waals surface area contributed by atoms with Crippen LogP contribution in [0.4, 0.5) is 4.39 Å². The number of likely N-dealkylation sites (N-methyl/N-ethyl adjacent to an activating group) is 1. The van der Waals surface area contributed by atoms with Gasteiger partial charge in [-0.05, 0) is 0 Å². The van der Waals surface area contributed by atoms with Gasteiger partial charge in [-0.3, -0.25) is 9.59 Å². The maximum Gasteiger partial charge on any atom is 0.239 e. The van der Waals surface area contributed by atoms with Crippen LogP contribution < -0.4 is 16.0 Å². The first-order valence-electron chi connectivity index (χ1n) is 4.49. The molecule has 15 heavy (non-hydrogen) atoms. The smallest absolute Gasteiger partial charge is 0.239 e. The molecule has 1 heterocycles. The molecule has 7 heteroatoms. The number of alkyl halides is 1. The second-order valence-corrected chi connectivity index (χ2v) is 3.18. The SMILES string of the molecule is CNC(=O)CNC(=O)[C@@H]1C[C@@H](F)CN1.Cl. The molecule has 0 saturated carbocycles. The molecule has 0 aromatic rings. The van der Waals surface area contributed by atoms with Crippen molar-refractivity contribution in [1.29, 1.82) is 0 Å². The quantitative estimate of drug-likeness (QED) is 0.590. The Morgan fingerprint density at radius 2 is 2.20 bits per heavy atom. The third kappa shape index (κ3) is 4.44. The van der Waals surface area contributed by atoms with Gasteiger partial charge in [0.2, 0.25) is 11.8 Å². The summed E-state index contributed by atoms with van der Waals surface area (Å²) in [4.78, 5) is 22.1. The molecule has 1 fully saturated rings. The van der Waals surface area contributed by atoms with E-state index in [-0.39, 0.29) is 43.7 Å². The largest absolute Gasteiger partial charge is 0.358 e. The van der Waals surface area contributed by atoms with Crippen LogP contribution in [0.5, 0.6) is 0 Å². The first kappa shape index (κ1) is 14.1. The molecule has 1 saturated heterocycles. The Labute approximate surface area is 93.6 Å². The van der Waals surface area contributed by atoms with Crippen molar-refractivity contribution in [1.82, 2.24) is 16.0 Å². The number of hydrogen-bond donors (Lipinski definition) is 3. The van der Waals surface area contributed by atoms with Crippen LogP contribution in [0, 0.1) is 0 Å². The van der Waals surface area contributed by atoms with Crippen molar-refractivity contribution >= 4 is 24.2 Å². The van der Waals surface area contributed by atoms with Crippen LogP contribution in [0.15, 0.2) is 0 Å². The predicted octanol–water partition coefficient (Wildman–Crippen LogP) is -1.03. The molecule has 5 nitrogen and oxygen atoms in total. The van der Waals surface area contributed by atoms with Gasteiger partial charge >= 0.3 is 0 Å². The number of rotatable bonds is 3. The molecule has 3 N–H and O–H groups in total. The summed E-state index contributed by atoms with van der Waals surface area (Å²) in [6, 6.07) is -0.505. The van der Waals surface area contributed by atoms with E-state index in [4.69, 9.17) is 0 Å². The molecule has 2 atom stereocenters. The second-order valence-electron chi connectivity index (χ2n) is 3.18.